The highest BCUT2D eigenvalue weighted by molar-refractivity contribution is 7.89. The Hall–Kier alpha value is -2.89. The number of piperazine rings is 1. The number of esters is 1. The van der Waals surface area contributed by atoms with Gasteiger partial charge >= 0.3 is 12.1 Å². The van der Waals surface area contributed by atoms with Crippen LogP contribution in [0.5, 0.6) is 0 Å². The standard InChI is InChI=1S/C23H23F3N2O5S/c1-2-32-22(29)21-19(18-5-3-4-6-20(18)33-21)15-27-11-13-28(14-12-27)34(30,31)17-9-7-16(8-10-17)23(24,25)26/h3-10H,2,11-15H2,1H3. The molecule has 7 nitrogen and oxygen atoms in total. The molecule has 0 aliphatic carbocycles. The lowest BCUT2D eigenvalue weighted by Gasteiger charge is -2.34. The maximum absolute atomic E-state index is 12.9. The van der Waals surface area contributed by atoms with E-state index in [2.05, 4.69) is 0 Å². The molecule has 0 N–H and O–H groups in total. The van der Waals surface area contributed by atoms with Gasteiger partial charge in [-0.1, -0.05) is 18.2 Å². The molecule has 1 aliphatic rings. The topological polar surface area (TPSA) is 80.1 Å². The number of benzene rings is 2. The summed E-state index contributed by atoms with van der Waals surface area (Å²) in [5, 5.41) is 0.783. The smallest absolute Gasteiger partial charge is 0.416 e. The molecule has 1 aliphatic heterocycles. The molecule has 182 valence electrons. The quantitative estimate of drug-likeness (QED) is 0.478. The van der Waals surface area contributed by atoms with Crippen LogP contribution in [0.4, 0.5) is 13.2 Å². The molecule has 0 radical (unpaired) electrons. The fraction of sp³-hybridized carbons (Fsp3) is 0.348. The Kier molecular flexibility index (Phi) is 6.70. The van der Waals surface area contributed by atoms with Crippen LogP contribution in [0, 0.1) is 0 Å². The zero-order chi connectivity index (χ0) is 24.5. The number of carbonyl (C=O) groups is 1. The first-order valence-corrected chi connectivity index (χ1v) is 12.1. The number of rotatable bonds is 6. The second kappa shape index (κ2) is 9.40. The second-order valence-electron chi connectivity index (χ2n) is 7.83. The monoisotopic (exact) mass is 496 g/mol. The van der Waals surface area contributed by atoms with E-state index in [1.165, 1.54) is 4.31 Å². The predicted octanol–water partition coefficient (Wildman–Crippen LogP) is 4.13. The Morgan fingerprint density at radius 2 is 1.68 bits per heavy atom. The molecular formula is C23H23F3N2O5S. The summed E-state index contributed by atoms with van der Waals surface area (Å²) in [4.78, 5) is 14.2. The Balaban J connectivity index is 1.48. The van der Waals surface area contributed by atoms with Gasteiger partial charge in [-0.05, 0) is 37.3 Å². The van der Waals surface area contributed by atoms with Gasteiger partial charge in [0.1, 0.15) is 5.58 Å². The molecule has 3 aromatic rings. The van der Waals surface area contributed by atoms with Crippen molar-refractivity contribution in [1.82, 2.24) is 9.21 Å². The zero-order valence-corrected chi connectivity index (χ0v) is 19.2. The zero-order valence-electron chi connectivity index (χ0n) is 18.3. The highest BCUT2D eigenvalue weighted by atomic mass is 32.2. The van der Waals surface area contributed by atoms with Gasteiger partial charge in [0, 0.05) is 43.7 Å². The minimum atomic E-state index is -4.53. The molecule has 0 spiro atoms. The van der Waals surface area contributed by atoms with Crippen LogP contribution in [0.2, 0.25) is 0 Å². The Morgan fingerprint density at radius 1 is 1.03 bits per heavy atom. The minimum absolute atomic E-state index is 0.128. The molecule has 4 rings (SSSR count). The number of sulfonamides is 1. The van der Waals surface area contributed by atoms with E-state index in [0.29, 0.717) is 30.8 Å². The highest BCUT2D eigenvalue weighted by Crippen LogP contribution is 2.31. The van der Waals surface area contributed by atoms with Gasteiger partial charge in [-0.2, -0.15) is 17.5 Å². The van der Waals surface area contributed by atoms with Crippen molar-refractivity contribution in [3.05, 3.63) is 65.4 Å². The molecule has 0 unspecified atom stereocenters. The van der Waals surface area contributed by atoms with Gasteiger partial charge in [0.15, 0.2) is 0 Å². The van der Waals surface area contributed by atoms with Crippen LogP contribution in [-0.4, -0.2) is 56.4 Å². The Morgan fingerprint density at radius 3 is 2.29 bits per heavy atom. The average molecular weight is 497 g/mol. The fourth-order valence-electron chi connectivity index (χ4n) is 3.93. The van der Waals surface area contributed by atoms with Crippen molar-refractivity contribution in [2.45, 2.75) is 24.5 Å². The van der Waals surface area contributed by atoms with Crippen LogP contribution in [-0.2, 0) is 27.5 Å². The molecule has 2 aromatic carbocycles. The van der Waals surface area contributed by atoms with Crippen LogP contribution in [0.15, 0.2) is 57.8 Å². The third-order valence-corrected chi connectivity index (χ3v) is 7.60. The maximum Gasteiger partial charge on any atom is 0.416 e. The highest BCUT2D eigenvalue weighted by Gasteiger charge is 2.33. The van der Waals surface area contributed by atoms with Gasteiger partial charge in [0.25, 0.3) is 0 Å². The lowest BCUT2D eigenvalue weighted by molar-refractivity contribution is -0.137. The van der Waals surface area contributed by atoms with Crippen LogP contribution >= 0.6 is 0 Å². The van der Waals surface area contributed by atoms with Gasteiger partial charge in [-0.25, -0.2) is 13.2 Å². The molecular weight excluding hydrogens is 473 g/mol. The summed E-state index contributed by atoms with van der Waals surface area (Å²) in [5.74, 6) is -0.430. The first kappa shape index (κ1) is 24.2. The second-order valence-corrected chi connectivity index (χ2v) is 9.77. The van der Waals surface area contributed by atoms with E-state index in [0.717, 1.165) is 29.7 Å². The van der Waals surface area contributed by atoms with E-state index < -0.39 is 27.7 Å². The molecule has 1 aromatic heterocycles. The summed E-state index contributed by atoms with van der Waals surface area (Å²) in [6, 6.07) is 10.7. The van der Waals surface area contributed by atoms with Crippen molar-refractivity contribution in [1.29, 1.82) is 0 Å². The number of halogens is 3. The Bertz CT molecular complexity index is 1280. The summed E-state index contributed by atoms with van der Waals surface area (Å²) in [6.45, 7) is 3.34. The molecule has 0 saturated carbocycles. The first-order chi connectivity index (χ1) is 16.1. The molecule has 0 bridgehead atoms. The van der Waals surface area contributed by atoms with Crippen LogP contribution in [0.3, 0.4) is 0 Å². The van der Waals surface area contributed by atoms with Crippen LogP contribution in [0.1, 0.15) is 28.6 Å². The normalized spacial score (nSPS) is 16.1. The van der Waals surface area contributed by atoms with Crippen molar-refractivity contribution in [3.63, 3.8) is 0 Å². The Labute approximate surface area is 194 Å². The lowest BCUT2D eigenvalue weighted by atomic mass is 10.1. The number of para-hydroxylation sites is 1. The van der Waals surface area contributed by atoms with Crippen molar-refractivity contribution in [2.24, 2.45) is 0 Å². The van der Waals surface area contributed by atoms with E-state index in [1.807, 2.05) is 17.0 Å². The molecule has 34 heavy (non-hydrogen) atoms. The number of hydrogen-bond donors (Lipinski definition) is 0. The van der Waals surface area contributed by atoms with E-state index in [9.17, 15) is 26.4 Å². The van der Waals surface area contributed by atoms with Crippen molar-refractivity contribution >= 4 is 27.0 Å². The van der Waals surface area contributed by atoms with Crippen molar-refractivity contribution < 1.29 is 35.5 Å². The number of nitrogens with zero attached hydrogens (tertiary/aromatic N) is 2. The molecule has 1 fully saturated rings. The minimum Gasteiger partial charge on any atom is -0.460 e. The fourth-order valence-corrected chi connectivity index (χ4v) is 5.36. The number of ether oxygens (including phenoxy) is 1. The number of fused-ring (bicyclic) bond motifs is 1. The van der Waals surface area contributed by atoms with Gasteiger partial charge in [-0.3, -0.25) is 4.90 Å². The van der Waals surface area contributed by atoms with E-state index in [-0.39, 0.29) is 30.4 Å². The third kappa shape index (κ3) is 4.82. The van der Waals surface area contributed by atoms with E-state index in [4.69, 9.17) is 9.15 Å². The number of hydrogen-bond acceptors (Lipinski definition) is 6. The van der Waals surface area contributed by atoms with Crippen molar-refractivity contribution in [3.8, 4) is 0 Å². The summed E-state index contributed by atoms with van der Waals surface area (Å²) in [5.41, 5.74) is 0.332. The van der Waals surface area contributed by atoms with Gasteiger partial charge in [0.2, 0.25) is 15.8 Å². The van der Waals surface area contributed by atoms with Gasteiger partial charge < -0.3 is 9.15 Å². The van der Waals surface area contributed by atoms with Gasteiger partial charge in [-0.15, -0.1) is 0 Å². The predicted molar refractivity (Wildman–Crippen MR) is 118 cm³/mol. The summed E-state index contributed by atoms with van der Waals surface area (Å²) in [7, 11) is -3.93. The van der Waals surface area contributed by atoms with Crippen LogP contribution < -0.4 is 0 Å². The molecule has 11 heteroatoms. The SMILES string of the molecule is CCOC(=O)c1oc2ccccc2c1CN1CCN(S(=O)(=O)c2ccc(C(F)(F)F)cc2)CC1. The maximum atomic E-state index is 12.9. The molecule has 0 atom stereocenters. The van der Waals surface area contributed by atoms with Crippen LogP contribution in [0.25, 0.3) is 11.0 Å². The first-order valence-electron chi connectivity index (χ1n) is 10.7. The largest absolute Gasteiger partial charge is 0.460 e. The number of carbonyl (C=O) groups excluding carboxylic acids is 1. The number of furan rings is 1. The molecule has 1 saturated heterocycles. The molecule has 0 amide bonds. The molecule has 2 heterocycles. The average Bonchev–Trinajstić information content (AvgIpc) is 3.18. The number of alkyl halides is 3. The summed E-state index contributed by atoms with van der Waals surface area (Å²) >= 11 is 0. The summed E-state index contributed by atoms with van der Waals surface area (Å²) in [6.07, 6.45) is -4.53. The van der Waals surface area contributed by atoms with Gasteiger partial charge in [0.05, 0.1) is 17.1 Å². The van der Waals surface area contributed by atoms with E-state index in [1.54, 1.807) is 19.1 Å². The summed E-state index contributed by atoms with van der Waals surface area (Å²) < 4.78 is 76.3. The van der Waals surface area contributed by atoms with E-state index >= 15 is 0 Å². The third-order valence-electron chi connectivity index (χ3n) is 5.69. The lowest BCUT2D eigenvalue weighted by Crippen LogP contribution is -2.48. The van der Waals surface area contributed by atoms with Crippen molar-refractivity contribution in [2.75, 3.05) is 32.8 Å².